The first-order valence-corrected chi connectivity index (χ1v) is 7.42. The molecule has 0 spiro atoms. The molecule has 2 aromatic carbocycles. The predicted octanol–water partition coefficient (Wildman–Crippen LogP) is 1.86. The largest absolute Gasteiger partial charge is 0.386 e. The minimum Gasteiger partial charge on any atom is -0.386 e. The Bertz CT molecular complexity index is 1370. The molecule has 0 amide bonds. The van der Waals surface area contributed by atoms with E-state index in [1.165, 1.54) is 11.3 Å². The molecular weight excluding hydrogens is 320 g/mol. The standard InChI is InChI=1S/C16H4O6S/c17-13-7-1-5-6-2-8-10(16(20)22-14(8)18)4-12(6)23-11(5)3-9(7)15(19)21-13/h1-4H. The van der Waals surface area contributed by atoms with Crippen LogP contribution in [0.25, 0.3) is 41.7 Å². The van der Waals surface area contributed by atoms with Crippen molar-refractivity contribution in [2.75, 3.05) is 0 Å². The van der Waals surface area contributed by atoms with Crippen LogP contribution in [-0.4, -0.2) is 0 Å². The molecule has 0 atom stereocenters. The van der Waals surface area contributed by atoms with Crippen molar-refractivity contribution in [1.82, 2.24) is 0 Å². The molecule has 0 unspecified atom stereocenters. The smallest absolute Gasteiger partial charge is 0.346 e. The summed E-state index contributed by atoms with van der Waals surface area (Å²) >= 11 is 1.36. The van der Waals surface area contributed by atoms with Gasteiger partial charge in [-0.15, -0.1) is 11.3 Å². The first-order chi connectivity index (χ1) is 11.0. The van der Waals surface area contributed by atoms with Gasteiger partial charge in [0.2, 0.25) is 0 Å². The summed E-state index contributed by atoms with van der Waals surface area (Å²) in [5.74, 6) is 0. The van der Waals surface area contributed by atoms with Gasteiger partial charge in [0.1, 0.15) is 0 Å². The number of furan rings is 2. The van der Waals surface area contributed by atoms with Gasteiger partial charge in [0, 0.05) is 20.2 Å². The lowest BCUT2D eigenvalue weighted by molar-refractivity contribution is 0.499. The molecule has 0 aliphatic rings. The summed E-state index contributed by atoms with van der Waals surface area (Å²) in [6, 6.07) is 6.39. The van der Waals surface area contributed by atoms with E-state index in [9.17, 15) is 19.2 Å². The highest BCUT2D eigenvalue weighted by molar-refractivity contribution is 7.26. The summed E-state index contributed by atoms with van der Waals surface area (Å²) in [7, 11) is 0. The van der Waals surface area contributed by atoms with Crippen molar-refractivity contribution >= 4 is 53.1 Å². The van der Waals surface area contributed by atoms with Gasteiger partial charge in [0.25, 0.3) is 0 Å². The zero-order valence-electron chi connectivity index (χ0n) is 11.2. The van der Waals surface area contributed by atoms with Gasteiger partial charge >= 0.3 is 22.5 Å². The van der Waals surface area contributed by atoms with Gasteiger partial charge in [-0.2, -0.15) is 0 Å². The fraction of sp³-hybridized carbons (Fsp3) is 0. The summed E-state index contributed by atoms with van der Waals surface area (Å²) in [6.07, 6.45) is 0. The number of hydrogen-bond donors (Lipinski definition) is 0. The van der Waals surface area contributed by atoms with E-state index in [1.54, 1.807) is 24.3 Å². The van der Waals surface area contributed by atoms with Crippen molar-refractivity contribution in [2.45, 2.75) is 0 Å². The second-order valence-corrected chi connectivity index (χ2v) is 6.33. The van der Waals surface area contributed by atoms with E-state index in [0.29, 0.717) is 0 Å². The molecular formula is C16H4O6S. The van der Waals surface area contributed by atoms with Crippen LogP contribution in [-0.2, 0) is 0 Å². The quantitative estimate of drug-likeness (QED) is 0.431. The number of benzene rings is 2. The summed E-state index contributed by atoms with van der Waals surface area (Å²) in [5, 5.41) is 2.34. The van der Waals surface area contributed by atoms with Crippen molar-refractivity contribution in [3.05, 3.63) is 65.9 Å². The fourth-order valence-corrected chi connectivity index (χ4v) is 4.08. The first kappa shape index (κ1) is 12.5. The second-order valence-electron chi connectivity index (χ2n) is 5.24. The normalized spacial score (nSPS) is 12.2. The van der Waals surface area contributed by atoms with Crippen LogP contribution in [0.5, 0.6) is 0 Å². The van der Waals surface area contributed by atoms with Gasteiger partial charge in [-0.05, 0) is 24.3 Å². The highest BCUT2D eigenvalue weighted by atomic mass is 32.1. The van der Waals surface area contributed by atoms with E-state index in [1.807, 2.05) is 0 Å². The Labute approximate surface area is 128 Å². The Morgan fingerprint density at radius 2 is 0.870 bits per heavy atom. The van der Waals surface area contributed by atoms with Crippen molar-refractivity contribution in [1.29, 1.82) is 0 Å². The summed E-state index contributed by atoms with van der Waals surface area (Å²) < 4.78 is 10.7. The molecule has 0 aliphatic heterocycles. The first-order valence-electron chi connectivity index (χ1n) is 6.60. The highest BCUT2D eigenvalue weighted by Crippen LogP contribution is 2.36. The molecule has 0 bridgehead atoms. The zero-order chi connectivity index (χ0) is 15.9. The lowest BCUT2D eigenvalue weighted by Crippen LogP contribution is -1.94. The van der Waals surface area contributed by atoms with Crippen molar-refractivity contribution in [3.63, 3.8) is 0 Å². The van der Waals surface area contributed by atoms with Crippen LogP contribution in [0.15, 0.2) is 52.3 Å². The van der Waals surface area contributed by atoms with Crippen molar-refractivity contribution in [3.8, 4) is 0 Å². The maximum absolute atomic E-state index is 11.7. The molecule has 0 aliphatic carbocycles. The molecule has 0 saturated heterocycles. The number of fused-ring (bicyclic) bond motifs is 5. The predicted molar refractivity (Wildman–Crippen MR) is 86.3 cm³/mol. The maximum Gasteiger partial charge on any atom is 0.346 e. The molecule has 0 N–H and O–H groups in total. The molecule has 6 nitrogen and oxygen atoms in total. The average Bonchev–Trinajstić information content (AvgIpc) is 3.10. The zero-order valence-corrected chi connectivity index (χ0v) is 12.0. The highest BCUT2D eigenvalue weighted by Gasteiger charge is 2.16. The topological polar surface area (TPSA) is 94.6 Å². The second kappa shape index (κ2) is 3.82. The van der Waals surface area contributed by atoms with E-state index < -0.39 is 22.5 Å². The molecule has 5 aromatic rings. The van der Waals surface area contributed by atoms with Gasteiger partial charge in [-0.1, -0.05) is 0 Å². The summed E-state index contributed by atoms with van der Waals surface area (Å²) in [4.78, 5) is 46.7. The molecule has 0 fully saturated rings. The Morgan fingerprint density at radius 1 is 0.522 bits per heavy atom. The monoisotopic (exact) mass is 324 g/mol. The molecule has 3 heterocycles. The SMILES string of the molecule is O=c1oc(=O)c2cc3c(cc12)sc1cc2c(=O)oc(=O)c2cc13. The van der Waals surface area contributed by atoms with E-state index in [4.69, 9.17) is 0 Å². The Morgan fingerprint density at radius 3 is 1.26 bits per heavy atom. The van der Waals surface area contributed by atoms with Gasteiger partial charge < -0.3 is 8.83 Å². The lowest BCUT2D eigenvalue weighted by Gasteiger charge is -1.91. The Balaban J connectivity index is 2.09. The molecule has 7 heteroatoms. The molecule has 110 valence electrons. The molecule has 3 aromatic heterocycles. The number of hydrogen-bond acceptors (Lipinski definition) is 7. The van der Waals surface area contributed by atoms with Crippen LogP contribution in [0.4, 0.5) is 0 Å². The van der Waals surface area contributed by atoms with Crippen LogP contribution >= 0.6 is 11.3 Å². The van der Waals surface area contributed by atoms with Gasteiger partial charge in [-0.25, -0.2) is 19.2 Å². The van der Waals surface area contributed by atoms with Crippen molar-refractivity contribution in [2.24, 2.45) is 0 Å². The third kappa shape index (κ3) is 1.46. The van der Waals surface area contributed by atoms with E-state index in [0.717, 1.165) is 20.2 Å². The Hall–Kier alpha value is -3.06. The van der Waals surface area contributed by atoms with E-state index in [2.05, 4.69) is 8.83 Å². The van der Waals surface area contributed by atoms with Crippen LogP contribution in [0.3, 0.4) is 0 Å². The Kier molecular flexibility index (Phi) is 2.07. The molecule has 5 rings (SSSR count). The number of thiophene rings is 1. The van der Waals surface area contributed by atoms with Crippen LogP contribution in [0.1, 0.15) is 0 Å². The third-order valence-corrected chi connectivity index (χ3v) is 5.12. The van der Waals surface area contributed by atoms with Gasteiger partial charge in [0.15, 0.2) is 0 Å². The minimum absolute atomic E-state index is 0.210. The van der Waals surface area contributed by atoms with Crippen LogP contribution in [0, 0.1) is 0 Å². The maximum atomic E-state index is 11.7. The minimum atomic E-state index is -0.679. The summed E-state index contributed by atoms with van der Waals surface area (Å²) in [5.41, 5.74) is -2.68. The average molecular weight is 324 g/mol. The summed E-state index contributed by atoms with van der Waals surface area (Å²) in [6.45, 7) is 0. The van der Waals surface area contributed by atoms with Gasteiger partial charge in [-0.3, -0.25) is 0 Å². The van der Waals surface area contributed by atoms with Crippen LogP contribution in [0.2, 0.25) is 0 Å². The van der Waals surface area contributed by atoms with Crippen LogP contribution < -0.4 is 22.5 Å². The third-order valence-electron chi connectivity index (χ3n) is 4.00. The van der Waals surface area contributed by atoms with Gasteiger partial charge in [0.05, 0.1) is 21.5 Å². The lowest BCUT2D eigenvalue weighted by atomic mass is 10.1. The number of rotatable bonds is 0. The molecule has 0 saturated carbocycles. The fourth-order valence-electron chi connectivity index (χ4n) is 2.93. The molecule has 0 radical (unpaired) electrons. The van der Waals surface area contributed by atoms with Crippen molar-refractivity contribution < 1.29 is 8.83 Å². The molecule has 23 heavy (non-hydrogen) atoms. The van der Waals surface area contributed by atoms with E-state index in [-0.39, 0.29) is 21.5 Å². The van der Waals surface area contributed by atoms with E-state index >= 15 is 0 Å².